The van der Waals surface area contributed by atoms with Gasteiger partial charge in [-0.25, -0.2) is 8.98 Å². The van der Waals surface area contributed by atoms with Crippen LogP contribution in [-0.2, 0) is 13.1 Å². The van der Waals surface area contributed by atoms with E-state index in [4.69, 9.17) is 11.6 Å². The Bertz CT molecular complexity index is 1690. The van der Waals surface area contributed by atoms with Gasteiger partial charge in [-0.05, 0) is 66.6 Å². The van der Waals surface area contributed by atoms with E-state index >= 15 is 0 Å². The van der Waals surface area contributed by atoms with Crippen molar-refractivity contribution in [2.24, 2.45) is 0 Å². The molecule has 1 aromatic heterocycles. The SMILES string of the molecule is Cc1ccc(F)cc1C(=O)Nc1ccc(C(=O)N2Cc3ccc(C(=O)N[N+](C)(C)C)n3Cc3ccccc32)c(Cl)c1. The van der Waals surface area contributed by atoms with Gasteiger partial charge in [-0.2, -0.15) is 5.43 Å². The van der Waals surface area contributed by atoms with E-state index in [0.717, 1.165) is 11.3 Å². The highest BCUT2D eigenvalue weighted by Gasteiger charge is 2.29. The fourth-order valence-corrected chi connectivity index (χ4v) is 5.11. The van der Waals surface area contributed by atoms with Crippen LogP contribution >= 0.6 is 11.6 Å². The first-order valence-corrected chi connectivity index (χ1v) is 13.4. The molecule has 0 saturated carbocycles. The van der Waals surface area contributed by atoms with Crippen LogP contribution in [0.1, 0.15) is 48.0 Å². The lowest BCUT2D eigenvalue weighted by Crippen LogP contribution is -2.51. The zero-order valence-corrected chi connectivity index (χ0v) is 23.9. The first-order valence-electron chi connectivity index (χ1n) is 13.0. The summed E-state index contributed by atoms with van der Waals surface area (Å²) in [7, 11) is 5.59. The largest absolute Gasteiger partial charge is 0.334 e. The lowest BCUT2D eigenvalue weighted by molar-refractivity contribution is -0.905. The molecule has 0 atom stereocenters. The highest BCUT2D eigenvalue weighted by atomic mass is 35.5. The van der Waals surface area contributed by atoms with Gasteiger partial charge >= 0.3 is 5.91 Å². The molecule has 1 aliphatic rings. The van der Waals surface area contributed by atoms with Crippen LogP contribution in [0.4, 0.5) is 15.8 Å². The second-order valence-corrected chi connectivity index (χ2v) is 11.3. The third kappa shape index (κ3) is 5.86. The first-order chi connectivity index (χ1) is 19.4. The number of amides is 3. The molecule has 0 bridgehead atoms. The summed E-state index contributed by atoms with van der Waals surface area (Å²) in [6.07, 6.45) is 0. The molecule has 10 heteroatoms. The zero-order valence-electron chi connectivity index (χ0n) is 23.2. The summed E-state index contributed by atoms with van der Waals surface area (Å²) in [5.74, 6) is -1.53. The number of hydrogen-bond donors (Lipinski definition) is 2. The highest BCUT2D eigenvalue weighted by Crippen LogP contribution is 2.32. The number of para-hydroxylation sites is 1. The Labute approximate surface area is 242 Å². The molecule has 3 aromatic carbocycles. The smallest absolute Gasteiger partial charge is 0.312 e. The Balaban J connectivity index is 1.44. The van der Waals surface area contributed by atoms with Gasteiger partial charge < -0.3 is 14.8 Å². The third-order valence-corrected chi connectivity index (χ3v) is 7.13. The summed E-state index contributed by atoms with van der Waals surface area (Å²) in [5.41, 5.74) is 7.31. The number of halogens is 2. The van der Waals surface area contributed by atoms with Gasteiger partial charge in [0.25, 0.3) is 11.8 Å². The molecule has 210 valence electrons. The second kappa shape index (κ2) is 10.8. The van der Waals surface area contributed by atoms with Crippen molar-refractivity contribution in [2.45, 2.75) is 20.0 Å². The van der Waals surface area contributed by atoms with E-state index in [2.05, 4.69) is 10.7 Å². The number of aryl methyl sites for hydroxylation is 1. The molecule has 0 saturated heterocycles. The van der Waals surface area contributed by atoms with Gasteiger partial charge in [-0.1, -0.05) is 35.9 Å². The average molecular weight is 575 g/mol. The number of anilines is 2. The Morgan fingerprint density at radius 2 is 1.63 bits per heavy atom. The van der Waals surface area contributed by atoms with Crippen LogP contribution in [-0.4, -0.2) is 48.0 Å². The molecular weight excluding hydrogens is 545 g/mol. The monoisotopic (exact) mass is 574 g/mol. The summed E-state index contributed by atoms with van der Waals surface area (Å²) >= 11 is 6.59. The fourth-order valence-electron chi connectivity index (χ4n) is 4.85. The van der Waals surface area contributed by atoms with E-state index in [0.29, 0.717) is 29.2 Å². The van der Waals surface area contributed by atoms with Gasteiger partial charge in [0.15, 0.2) is 0 Å². The molecule has 1 aliphatic heterocycles. The van der Waals surface area contributed by atoms with Gasteiger partial charge in [0.1, 0.15) is 11.5 Å². The Kier molecular flexibility index (Phi) is 7.42. The molecule has 0 radical (unpaired) electrons. The fraction of sp³-hybridized carbons (Fsp3) is 0.194. The van der Waals surface area contributed by atoms with Crippen LogP contribution in [0, 0.1) is 12.7 Å². The van der Waals surface area contributed by atoms with Gasteiger partial charge in [0.2, 0.25) is 0 Å². The third-order valence-electron chi connectivity index (χ3n) is 6.82. The number of fused-ring (bicyclic) bond motifs is 2. The number of rotatable bonds is 5. The van der Waals surface area contributed by atoms with Crippen molar-refractivity contribution >= 4 is 40.7 Å². The van der Waals surface area contributed by atoms with Crippen molar-refractivity contribution in [2.75, 3.05) is 31.4 Å². The number of nitrogens with one attached hydrogen (secondary N) is 2. The van der Waals surface area contributed by atoms with Crippen molar-refractivity contribution in [3.63, 3.8) is 0 Å². The summed E-state index contributed by atoms with van der Waals surface area (Å²) in [4.78, 5) is 41.4. The van der Waals surface area contributed by atoms with E-state index in [9.17, 15) is 18.8 Å². The summed E-state index contributed by atoms with van der Waals surface area (Å²) < 4.78 is 15.9. The van der Waals surface area contributed by atoms with Crippen LogP contribution < -0.4 is 15.6 Å². The lowest BCUT2D eigenvalue weighted by atomic mass is 10.1. The number of aromatic nitrogens is 1. The van der Waals surface area contributed by atoms with Crippen molar-refractivity contribution in [3.05, 3.63) is 117 Å². The van der Waals surface area contributed by atoms with Crippen molar-refractivity contribution < 1.29 is 23.4 Å². The van der Waals surface area contributed by atoms with Crippen LogP contribution in [0.15, 0.2) is 72.8 Å². The van der Waals surface area contributed by atoms with Crippen LogP contribution in [0.2, 0.25) is 5.02 Å². The number of benzene rings is 3. The Hall–Kier alpha value is -4.47. The van der Waals surface area contributed by atoms with Crippen molar-refractivity contribution in [1.82, 2.24) is 9.99 Å². The summed E-state index contributed by atoms with van der Waals surface area (Å²) in [6.45, 7) is 2.36. The van der Waals surface area contributed by atoms with Gasteiger partial charge in [0.05, 0.1) is 44.8 Å². The first kappa shape index (κ1) is 28.1. The number of hydrogen-bond acceptors (Lipinski definition) is 3. The van der Waals surface area contributed by atoms with Crippen LogP contribution in [0.25, 0.3) is 0 Å². The molecule has 3 amide bonds. The molecular formula is C31H30ClFN5O3+. The van der Waals surface area contributed by atoms with Crippen LogP contribution in [0.3, 0.4) is 0 Å². The van der Waals surface area contributed by atoms with Crippen LogP contribution in [0.5, 0.6) is 0 Å². The summed E-state index contributed by atoms with van der Waals surface area (Å²) in [6, 6.07) is 19.8. The van der Waals surface area contributed by atoms with E-state index < -0.39 is 11.7 Å². The minimum atomic E-state index is -0.510. The minimum Gasteiger partial charge on any atom is -0.334 e. The quantitative estimate of drug-likeness (QED) is 0.247. The predicted molar refractivity (Wildman–Crippen MR) is 157 cm³/mol. The average Bonchev–Trinajstić information content (AvgIpc) is 3.22. The van der Waals surface area contributed by atoms with Gasteiger partial charge in [-0.15, -0.1) is 0 Å². The molecule has 4 aromatic rings. The number of quaternary nitrogens is 1. The van der Waals surface area contributed by atoms with E-state index in [1.807, 2.05) is 56.0 Å². The molecule has 5 rings (SSSR count). The van der Waals surface area contributed by atoms with E-state index in [1.54, 1.807) is 30.0 Å². The normalized spacial score (nSPS) is 12.7. The Morgan fingerprint density at radius 3 is 2.37 bits per heavy atom. The maximum Gasteiger partial charge on any atom is 0.312 e. The van der Waals surface area contributed by atoms with E-state index in [-0.39, 0.29) is 39.1 Å². The number of carbonyl (C=O) groups is 3. The molecule has 0 aliphatic carbocycles. The topological polar surface area (TPSA) is 83.4 Å². The number of nitrogens with zero attached hydrogens (tertiary/aromatic N) is 3. The van der Waals surface area contributed by atoms with Crippen molar-refractivity contribution in [1.29, 1.82) is 0 Å². The van der Waals surface area contributed by atoms with Gasteiger partial charge in [-0.3, -0.25) is 14.4 Å². The maximum atomic E-state index is 13.9. The standard InChI is InChI=1S/C31H29ClFN5O3/c1-19-9-10-21(33)15-25(19)29(39)34-22-11-13-24(26(32)16-22)31(41)37-18-23-12-14-28(30(40)35-38(2,3)4)36(23)17-20-7-5-6-8-27(20)37/h5-16H,17-18H2,1-4H3,(H-,34,35,39,40,41)/p+1. The maximum absolute atomic E-state index is 13.9. The molecule has 0 spiro atoms. The van der Waals surface area contributed by atoms with E-state index in [1.165, 1.54) is 24.3 Å². The molecule has 0 unspecified atom stereocenters. The molecule has 2 N–H and O–H groups in total. The molecule has 8 nitrogen and oxygen atoms in total. The van der Waals surface area contributed by atoms with Gasteiger partial charge in [0, 0.05) is 22.6 Å². The van der Waals surface area contributed by atoms with Crippen molar-refractivity contribution in [3.8, 4) is 0 Å². The predicted octanol–water partition coefficient (Wildman–Crippen LogP) is 5.40. The number of carbonyl (C=O) groups excluding carboxylic acids is 3. The summed E-state index contributed by atoms with van der Waals surface area (Å²) in [5, 5.41) is 2.88. The lowest BCUT2D eigenvalue weighted by Gasteiger charge is -2.24. The molecule has 2 heterocycles. The Morgan fingerprint density at radius 1 is 0.878 bits per heavy atom. The molecule has 0 fully saturated rings. The minimum absolute atomic E-state index is 0.156. The highest BCUT2D eigenvalue weighted by molar-refractivity contribution is 6.35. The molecule has 41 heavy (non-hydrogen) atoms. The second-order valence-electron chi connectivity index (χ2n) is 10.9. The zero-order chi connectivity index (χ0) is 29.5.